The van der Waals surface area contributed by atoms with E-state index in [1.54, 1.807) is 29.3 Å². The van der Waals surface area contributed by atoms with Gasteiger partial charge in [0.2, 0.25) is 0 Å². The maximum absolute atomic E-state index is 15.3. The Bertz CT molecular complexity index is 1200. The van der Waals surface area contributed by atoms with E-state index in [1.807, 2.05) is 13.0 Å². The van der Waals surface area contributed by atoms with Crippen LogP contribution in [0, 0.1) is 5.82 Å². The van der Waals surface area contributed by atoms with Gasteiger partial charge >= 0.3 is 0 Å². The van der Waals surface area contributed by atoms with Gasteiger partial charge in [-0.3, -0.25) is 9.69 Å². The number of anilines is 1. The number of fused-ring (bicyclic) bond motifs is 1. The first-order valence-electron chi connectivity index (χ1n) is 11.9. The number of amides is 1. The van der Waals surface area contributed by atoms with E-state index in [2.05, 4.69) is 19.9 Å². The number of pyridine rings is 1. The Kier molecular flexibility index (Phi) is 6.24. The zero-order valence-corrected chi connectivity index (χ0v) is 19.4. The zero-order valence-electron chi connectivity index (χ0n) is 19.4. The van der Waals surface area contributed by atoms with Crippen LogP contribution in [-0.4, -0.2) is 62.9 Å². The molecule has 2 N–H and O–H groups in total. The topological polar surface area (TPSA) is 88.2 Å². The molecule has 5 rings (SSSR count). The third-order valence-electron chi connectivity index (χ3n) is 6.93. The van der Waals surface area contributed by atoms with Crippen LogP contribution in [0.1, 0.15) is 42.2 Å². The van der Waals surface area contributed by atoms with Gasteiger partial charge in [-0.25, -0.2) is 19.3 Å². The van der Waals surface area contributed by atoms with Crippen LogP contribution in [0.25, 0.3) is 22.4 Å². The molecule has 0 bridgehead atoms. The molecule has 0 spiro atoms. The van der Waals surface area contributed by atoms with E-state index >= 15 is 4.39 Å². The smallest absolute Gasteiger partial charge is 0.256 e. The van der Waals surface area contributed by atoms with Crippen LogP contribution < -0.4 is 5.73 Å². The summed E-state index contributed by atoms with van der Waals surface area (Å²) in [5, 5.41) is 0. The van der Waals surface area contributed by atoms with E-state index in [-0.39, 0.29) is 11.5 Å². The van der Waals surface area contributed by atoms with Crippen molar-refractivity contribution >= 4 is 11.7 Å². The van der Waals surface area contributed by atoms with Crippen molar-refractivity contribution in [2.75, 3.05) is 31.9 Å². The summed E-state index contributed by atoms with van der Waals surface area (Å²) in [7, 11) is 0. The van der Waals surface area contributed by atoms with Gasteiger partial charge in [0.1, 0.15) is 18.0 Å². The van der Waals surface area contributed by atoms with E-state index in [0.717, 1.165) is 36.3 Å². The Balaban J connectivity index is 1.45. The fourth-order valence-corrected chi connectivity index (χ4v) is 5.11. The summed E-state index contributed by atoms with van der Waals surface area (Å²) in [6, 6.07) is 8.73. The maximum Gasteiger partial charge on any atom is 0.256 e. The van der Waals surface area contributed by atoms with E-state index in [4.69, 9.17) is 5.73 Å². The second-order valence-electron chi connectivity index (χ2n) is 9.00. The fraction of sp³-hybridized carbons (Fsp3) is 0.385. The Morgan fingerprint density at radius 2 is 1.94 bits per heavy atom. The van der Waals surface area contributed by atoms with Gasteiger partial charge in [0.25, 0.3) is 5.91 Å². The number of aryl methyl sites for hydroxylation is 1. The van der Waals surface area contributed by atoms with Gasteiger partial charge in [-0.2, -0.15) is 0 Å². The number of carbonyl (C=O) groups is 1. The van der Waals surface area contributed by atoms with Gasteiger partial charge in [0.05, 0.1) is 17.0 Å². The summed E-state index contributed by atoms with van der Waals surface area (Å²) in [5.74, 6) is -0.357. The predicted molar refractivity (Wildman–Crippen MR) is 130 cm³/mol. The van der Waals surface area contributed by atoms with Crippen molar-refractivity contribution in [3.63, 3.8) is 0 Å². The lowest BCUT2D eigenvalue weighted by molar-refractivity contribution is 0.0369. The normalized spacial score (nSPS) is 18.5. The van der Waals surface area contributed by atoms with E-state index in [1.165, 1.54) is 25.2 Å². The number of benzene rings is 1. The number of carbonyl (C=O) groups excluding carboxylic acids is 1. The van der Waals surface area contributed by atoms with Crippen LogP contribution in [0.5, 0.6) is 0 Å². The van der Waals surface area contributed by atoms with Crippen LogP contribution >= 0.6 is 0 Å². The molecule has 0 unspecified atom stereocenters. The molecular weight excluding hydrogens is 431 g/mol. The maximum atomic E-state index is 15.3. The highest BCUT2D eigenvalue weighted by Crippen LogP contribution is 2.33. The minimum absolute atomic E-state index is 0.105. The molecular formula is C26H29FN6O. The van der Waals surface area contributed by atoms with E-state index in [0.29, 0.717) is 42.6 Å². The number of hydrogen-bond acceptors (Lipinski definition) is 6. The van der Waals surface area contributed by atoms with Gasteiger partial charge < -0.3 is 10.6 Å². The first-order valence-corrected chi connectivity index (χ1v) is 11.9. The van der Waals surface area contributed by atoms with Crippen molar-refractivity contribution in [3.8, 4) is 22.4 Å². The highest BCUT2D eigenvalue weighted by atomic mass is 19.1. The number of nitrogens with two attached hydrogens (primary N) is 1. The molecule has 2 aliphatic rings. The van der Waals surface area contributed by atoms with Gasteiger partial charge in [-0.1, -0.05) is 19.4 Å². The molecule has 176 valence electrons. The monoisotopic (exact) mass is 460 g/mol. The first kappa shape index (κ1) is 22.4. The SMILES string of the molecule is CCc1ncnc(-c2ccc(C(=O)N3CCN4CCCC[C@H]4C3)c(F)c2)c1-c1ccc(N)nc1. The minimum Gasteiger partial charge on any atom is -0.384 e. The molecule has 2 aliphatic heterocycles. The van der Waals surface area contributed by atoms with Gasteiger partial charge in [0.15, 0.2) is 0 Å². The molecule has 0 saturated carbocycles. The average molecular weight is 461 g/mol. The second-order valence-corrected chi connectivity index (χ2v) is 9.00. The predicted octanol–water partition coefficient (Wildman–Crippen LogP) is 3.80. The number of hydrogen-bond donors (Lipinski definition) is 1. The molecule has 8 heteroatoms. The summed E-state index contributed by atoms with van der Waals surface area (Å²) in [6.45, 7) is 5.27. The Morgan fingerprint density at radius 3 is 2.71 bits per heavy atom. The van der Waals surface area contributed by atoms with Crippen LogP contribution in [-0.2, 0) is 6.42 Å². The van der Waals surface area contributed by atoms with Crippen molar-refractivity contribution in [3.05, 3.63) is 59.9 Å². The van der Waals surface area contributed by atoms with Crippen molar-refractivity contribution in [2.24, 2.45) is 0 Å². The second kappa shape index (κ2) is 9.46. The summed E-state index contributed by atoms with van der Waals surface area (Å²) >= 11 is 0. The van der Waals surface area contributed by atoms with Gasteiger partial charge in [-0.05, 0) is 50.1 Å². The molecule has 2 aromatic heterocycles. The lowest BCUT2D eigenvalue weighted by Crippen LogP contribution is -2.56. The molecule has 4 heterocycles. The number of piperazine rings is 1. The Labute approximate surface area is 198 Å². The highest BCUT2D eigenvalue weighted by molar-refractivity contribution is 5.95. The number of aromatic nitrogens is 3. The van der Waals surface area contributed by atoms with Gasteiger partial charge in [-0.15, -0.1) is 0 Å². The lowest BCUT2D eigenvalue weighted by atomic mass is 9.96. The average Bonchev–Trinajstić information content (AvgIpc) is 2.88. The van der Waals surface area contributed by atoms with E-state index in [9.17, 15) is 4.79 Å². The van der Waals surface area contributed by atoms with Crippen molar-refractivity contribution in [1.29, 1.82) is 0 Å². The quantitative estimate of drug-likeness (QED) is 0.637. The number of halogens is 1. The number of piperidine rings is 1. The molecule has 0 radical (unpaired) electrons. The van der Waals surface area contributed by atoms with Crippen LogP contribution in [0.15, 0.2) is 42.9 Å². The van der Waals surface area contributed by atoms with Crippen LogP contribution in [0.2, 0.25) is 0 Å². The largest absolute Gasteiger partial charge is 0.384 e. The number of nitrogen functional groups attached to an aromatic ring is 1. The summed E-state index contributed by atoms with van der Waals surface area (Å²) in [5.41, 5.74) is 9.50. The zero-order chi connectivity index (χ0) is 23.7. The molecule has 1 amide bonds. The molecule has 1 atom stereocenters. The first-order chi connectivity index (χ1) is 16.5. The van der Waals surface area contributed by atoms with E-state index < -0.39 is 5.82 Å². The van der Waals surface area contributed by atoms with Crippen LogP contribution in [0.3, 0.4) is 0 Å². The summed E-state index contributed by atoms with van der Waals surface area (Å²) in [6.07, 6.45) is 7.36. The minimum atomic E-state index is -0.536. The Morgan fingerprint density at radius 1 is 1.09 bits per heavy atom. The molecule has 3 aromatic rings. The van der Waals surface area contributed by atoms with Gasteiger partial charge in [0, 0.05) is 48.6 Å². The van der Waals surface area contributed by atoms with Crippen molar-refractivity contribution in [2.45, 2.75) is 38.6 Å². The number of nitrogens with zero attached hydrogens (tertiary/aromatic N) is 5. The van der Waals surface area contributed by atoms with Crippen molar-refractivity contribution in [1.82, 2.24) is 24.8 Å². The third-order valence-corrected chi connectivity index (χ3v) is 6.93. The lowest BCUT2D eigenvalue weighted by Gasteiger charge is -2.44. The van der Waals surface area contributed by atoms with Crippen molar-refractivity contribution < 1.29 is 9.18 Å². The molecule has 34 heavy (non-hydrogen) atoms. The molecule has 2 fully saturated rings. The Hall–Kier alpha value is -3.39. The summed E-state index contributed by atoms with van der Waals surface area (Å²) in [4.78, 5) is 30.5. The summed E-state index contributed by atoms with van der Waals surface area (Å²) < 4.78 is 15.3. The number of rotatable bonds is 4. The fourth-order valence-electron chi connectivity index (χ4n) is 5.11. The van der Waals surface area contributed by atoms with Crippen LogP contribution in [0.4, 0.5) is 10.2 Å². The molecule has 0 aliphatic carbocycles. The standard InChI is InChI=1S/C26H29FN6O/c1-2-22-24(18-7-9-23(28)29-14-18)25(31-16-30-22)17-6-8-20(21(27)13-17)26(34)33-12-11-32-10-4-3-5-19(32)15-33/h6-9,13-14,16,19H,2-5,10-12,15H2,1H3,(H2,28,29)/t19-/m0/s1. The molecule has 7 nitrogen and oxygen atoms in total. The third kappa shape index (κ3) is 4.25. The highest BCUT2D eigenvalue weighted by Gasteiger charge is 2.32. The molecule has 1 aromatic carbocycles. The molecule has 2 saturated heterocycles.